The number of carbonyl (C=O) groups excluding carboxylic acids is 1. The Kier molecular flexibility index (Phi) is 3.12. The van der Waals surface area contributed by atoms with Gasteiger partial charge in [-0.3, -0.25) is 0 Å². The van der Waals surface area contributed by atoms with Gasteiger partial charge in [0.05, 0.1) is 12.6 Å². The number of ether oxygens (including phenoxy) is 1. The number of para-hydroxylation sites is 1. The maximum Gasteiger partial charge on any atom is 0.343 e. The number of benzene rings is 1. The quantitative estimate of drug-likeness (QED) is 0.537. The Hall–Kier alpha value is -2.40. The van der Waals surface area contributed by atoms with Gasteiger partial charge in [0.1, 0.15) is 5.56 Å². The number of fused-ring (bicyclic) bond motifs is 1. The van der Waals surface area contributed by atoms with E-state index in [1.807, 2.05) is 36.5 Å². The van der Waals surface area contributed by atoms with Gasteiger partial charge in [0.15, 0.2) is 5.82 Å². The molecule has 100 valence electrons. The first-order chi connectivity index (χ1) is 9.70. The lowest BCUT2D eigenvalue weighted by atomic mass is 10.2. The molecule has 0 unspecified atom stereocenters. The molecule has 0 N–H and O–H groups in total. The summed E-state index contributed by atoms with van der Waals surface area (Å²) in [6.07, 6.45) is 3.20. The molecule has 0 atom stereocenters. The van der Waals surface area contributed by atoms with Crippen LogP contribution in [0.5, 0.6) is 0 Å². The predicted molar refractivity (Wildman–Crippen MR) is 75.2 cm³/mol. The zero-order valence-corrected chi connectivity index (χ0v) is 11.3. The largest absolute Gasteiger partial charge is 0.465 e. The van der Waals surface area contributed by atoms with Crippen LogP contribution in [0.2, 0.25) is 5.28 Å². The van der Waals surface area contributed by atoms with Crippen molar-refractivity contribution in [3.8, 4) is 5.82 Å². The van der Waals surface area contributed by atoms with Crippen LogP contribution in [0.3, 0.4) is 0 Å². The molecule has 3 aromatic rings. The first-order valence-corrected chi connectivity index (χ1v) is 6.26. The van der Waals surface area contributed by atoms with Crippen LogP contribution in [0.25, 0.3) is 16.7 Å². The van der Waals surface area contributed by atoms with E-state index in [9.17, 15) is 4.79 Å². The van der Waals surface area contributed by atoms with E-state index in [1.54, 1.807) is 4.57 Å². The van der Waals surface area contributed by atoms with Gasteiger partial charge in [-0.25, -0.2) is 9.78 Å². The number of carbonyl (C=O) groups is 1. The van der Waals surface area contributed by atoms with Crippen LogP contribution in [-0.2, 0) is 4.74 Å². The summed E-state index contributed by atoms with van der Waals surface area (Å²) in [6, 6.07) is 9.71. The Morgan fingerprint density at radius 3 is 2.90 bits per heavy atom. The topological polar surface area (TPSA) is 57.0 Å². The highest BCUT2D eigenvalue weighted by Gasteiger charge is 2.17. The van der Waals surface area contributed by atoms with E-state index in [2.05, 4.69) is 9.97 Å². The van der Waals surface area contributed by atoms with E-state index in [4.69, 9.17) is 16.3 Å². The molecular formula is C14H10ClN3O2. The third-order valence-corrected chi connectivity index (χ3v) is 3.15. The molecule has 3 rings (SSSR count). The van der Waals surface area contributed by atoms with Crippen LogP contribution >= 0.6 is 11.6 Å². The molecule has 2 heterocycles. The molecule has 0 saturated heterocycles. The van der Waals surface area contributed by atoms with Crippen LogP contribution in [-0.4, -0.2) is 27.6 Å². The molecular weight excluding hydrogens is 278 g/mol. The monoisotopic (exact) mass is 287 g/mol. The Bertz CT molecular complexity index is 798. The minimum atomic E-state index is -0.505. The second-order valence-electron chi connectivity index (χ2n) is 4.11. The Labute approximate surface area is 119 Å². The molecule has 0 aliphatic rings. The molecule has 0 aliphatic carbocycles. The molecule has 0 amide bonds. The minimum absolute atomic E-state index is 0.0745. The highest BCUT2D eigenvalue weighted by Crippen LogP contribution is 2.22. The van der Waals surface area contributed by atoms with Crippen molar-refractivity contribution in [2.45, 2.75) is 0 Å². The van der Waals surface area contributed by atoms with E-state index in [1.165, 1.54) is 13.3 Å². The van der Waals surface area contributed by atoms with Gasteiger partial charge in [0.2, 0.25) is 5.28 Å². The third-order valence-electron chi connectivity index (χ3n) is 2.97. The molecule has 5 nitrogen and oxygen atoms in total. The average molecular weight is 288 g/mol. The second-order valence-corrected chi connectivity index (χ2v) is 4.45. The van der Waals surface area contributed by atoms with Crippen LogP contribution in [0, 0.1) is 0 Å². The molecule has 2 aromatic heterocycles. The van der Waals surface area contributed by atoms with Gasteiger partial charge < -0.3 is 9.30 Å². The maximum atomic E-state index is 11.8. The molecule has 0 aliphatic heterocycles. The van der Waals surface area contributed by atoms with Crippen molar-refractivity contribution in [2.75, 3.05) is 7.11 Å². The SMILES string of the molecule is COC(=O)c1cnc(Cl)nc1-n1ccc2ccccc21. The number of esters is 1. The van der Waals surface area contributed by atoms with Crippen LogP contribution in [0.15, 0.2) is 42.7 Å². The van der Waals surface area contributed by atoms with E-state index in [0.29, 0.717) is 5.82 Å². The summed E-state index contributed by atoms with van der Waals surface area (Å²) in [7, 11) is 1.31. The molecule has 0 saturated carbocycles. The van der Waals surface area contributed by atoms with E-state index < -0.39 is 5.97 Å². The van der Waals surface area contributed by atoms with Crippen molar-refractivity contribution in [3.63, 3.8) is 0 Å². The van der Waals surface area contributed by atoms with Crippen LogP contribution in [0.1, 0.15) is 10.4 Å². The fourth-order valence-electron chi connectivity index (χ4n) is 2.06. The number of hydrogen-bond acceptors (Lipinski definition) is 4. The van der Waals surface area contributed by atoms with Crippen molar-refractivity contribution >= 4 is 28.5 Å². The molecule has 0 radical (unpaired) electrons. The molecule has 20 heavy (non-hydrogen) atoms. The highest BCUT2D eigenvalue weighted by molar-refractivity contribution is 6.28. The number of rotatable bonds is 2. The lowest BCUT2D eigenvalue weighted by molar-refractivity contribution is 0.0600. The number of methoxy groups -OCH3 is 1. The zero-order valence-electron chi connectivity index (χ0n) is 10.6. The summed E-state index contributed by atoms with van der Waals surface area (Å²) in [5.41, 5.74) is 1.19. The van der Waals surface area contributed by atoms with E-state index >= 15 is 0 Å². The van der Waals surface area contributed by atoms with Crippen LogP contribution < -0.4 is 0 Å². The van der Waals surface area contributed by atoms with Crippen molar-refractivity contribution in [3.05, 3.63) is 53.6 Å². The minimum Gasteiger partial charge on any atom is -0.465 e. The average Bonchev–Trinajstić information content (AvgIpc) is 2.90. The Morgan fingerprint density at radius 1 is 1.30 bits per heavy atom. The lowest BCUT2D eigenvalue weighted by Gasteiger charge is -2.09. The molecule has 0 bridgehead atoms. The summed E-state index contributed by atoms with van der Waals surface area (Å²) in [6.45, 7) is 0. The second kappa shape index (κ2) is 4.94. The first-order valence-electron chi connectivity index (χ1n) is 5.88. The standard InChI is InChI=1S/C14H10ClN3O2/c1-20-13(19)10-8-16-14(15)17-12(10)18-7-6-9-4-2-3-5-11(9)18/h2-8H,1H3. The Morgan fingerprint density at radius 2 is 2.10 bits per heavy atom. The predicted octanol–water partition coefficient (Wildman–Crippen LogP) is 2.86. The summed E-state index contributed by atoms with van der Waals surface area (Å²) < 4.78 is 6.54. The van der Waals surface area contributed by atoms with Crippen LogP contribution in [0.4, 0.5) is 0 Å². The van der Waals surface area contributed by atoms with Gasteiger partial charge in [-0.15, -0.1) is 0 Å². The van der Waals surface area contributed by atoms with Gasteiger partial charge in [-0.1, -0.05) is 18.2 Å². The summed E-state index contributed by atoms with van der Waals surface area (Å²) in [4.78, 5) is 19.8. The maximum absolute atomic E-state index is 11.8. The molecule has 0 spiro atoms. The van der Waals surface area contributed by atoms with Gasteiger partial charge in [0.25, 0.3) is 0 Å². The Balaban J connectivity index is 2.28. The fourth-order valence-corrected chi connectivity index (χ4v) is 2.19. The van der Waals surface area contributed by atoms with Crippen molar-refractivity contribution in [2.24, 2.45) is 0 Å². The van der Waals surface area contributed by atoms with Crippen molar-refractivity contribution in [1.29, 1.82) is 0 Å². The van der Waals surface area contributed by atoms with Crippen molar-refractivity contribution in [1.82, 2.24) is 14.5 Å². The number of aromatic nitrogens is 3. The third kappa shape index (κ3) is 2.02. The summed E-state index contributed by atoms with van der Waals surface area (Å²) in [5, 5.41) is 1.11. The van der Waals surface area contributed by atoms with Crippen molar-refractivity contribution < 1.29 is 9.53 Å². The zero-order chi connectivity index (χ0) is 14.1. The summed E-state index contributed by atoms with van der Waals surface area (Å²) >= 11 is 5.85. The lowest BCUT2D eigenvalue weighted by Crippen LogP contribution is -2.10. The number of halogens is 1. The molecule has 1 aromatic carbocycles. The first kappa shape index (κ1) is 12.6. The van der Waals surface area contributed by atoms with Gasteiger partial charge >= 0.3 is 5.97 Å². The molecule has 6 heteroatoms. The summed E-state index contributed by atoms with van der Waals surface area (Å²) in [5.74, 6) is -0.104. The van der Waals surface area contributed by atoms with Gasteiger partial charge in [0, 0.05) is 12.4 Å². The fraction of sp³-hybridized carbons (Fsp3) is 0.0714. The number of nitrogens with zero attached hydrogens (tertiary/aromatic N) is 3. The normalized spacial score (nSPS) is 10.7. The van der Waals surface area contributed by atoms with E-state index in [0.717, 1.165) is 10.9 Å². The molecule has 0 fully saturated rings. The van der Waals surface area contributed by atoms with Gasteiger partial charge in [-0.05, 0) is 29.1 Å². The van der Waals surface area contributed by atoms with Gasteiger partial charge in [-0.2, -0.15) is 4.98 Å². The van der Waals surface area contributed by atoms with E-state index in [-0.39, 0.29) is 10.8 Å². The number of hydrogen-bond donors (Lipinski definition) is 0. The highest BCUT2D eigenvalue weighted by atomic mass is 35.5. The smallest absolute Gasteiger partial charge is 0.343 e.